The molecule has 0 aromatic heterocycles. The van der Waals surface area contributed by atoms with Crippen molar-refractivity contribution in [1.29, 1.82) is 0 Å². The number of carbonyl (C=O) groups excluding carboxylic acids is 1. The van der Waals surface area contributed by atoms with Crippen LogP contribution in [0.5, 0.6) is 0 Å². The van der Waals surface area contributed by atoms with Crippen LogP contribution >= 0.6 is 11.6 Å². The van der Waals surface area contributed by atoms with Gasteiger partial charge in [-0.25, -0.2) is 0 Å². The Hall–Kier alpha value is -1.43. The normalized spacial score (nSPS) is 25.0. The number of Topliss-reactive ketones (excluding diaryl/α,β-unsaturated/α-hetero) is 1. The summed E-state index contributed by atoms with van der Waals surface area (Å²) in [4.78, 5) is 11.4. The number of hydrogen-bond donors (Lipinski definition) is 1. The van der Waals surface area contributed by atoms with Crippen molar-refractivity contribution in [1.82, 2.24) is 5.32 Å². The number of rotatable bonds is 3. The molecule has 0 amide bonds. The van der Waals surface area contributed by atoms with Gasteiger partial charge in [-0.2, -0.15) is 34.8 Å². The first-order valence-corrected chi connectivity index (χ1v) is 8.47. The second-order valence-electron chi connectivity index (χ2n) is 5.45. The summed E-state index contributed by atoms with van der Waals surface area (Å²) in [5, 5.41) is 1.85. The van der Waals surface area contributed by atoms with Crippen LogP contribution in [0.15, 0.2) is 22.6 Å². The largest absolute Gasteiger partial charge is 0.534 e. The number of carbonyl (C=O) groups is 1. The molecular formula is C12H10ClF6NO4S. The van der Waals surface area contributed by atoms with Gasteiger partial charge < -0.3 is 9.50 Å². The molecule has 25 heavy (non-hydrogen) atoms. The molecule has 0 spiro atoms. The molecule has 2 unspecified atom stereocenters. The highest BCUT2D eigenvalue weighted by Gasteiger charge is 2.50. The van der Waals surface area contributed by atoms with Crippen LogP contribution in [-0.4, -0.2) is 32.4 Å². The maximum atomic E-state index is 12.6. The third kappa shape index (κ3) is 4.22. The van der Waals surface area contributed by atoms with E-state index < -0.39 is 56.8 Å². The molecular weight excluding hydrogens is 404 g/mol. The van der Waals surface area contributed by atoms with E-state index in [1.54, 1.807) is 0 Å². The average molecular weight is 414 g/mol. The third-order valence-corrected chi connectivity index (χ3v) is 4.87. The van der Waals surface area contributed by atoms with Gasteiger partial charge in [0.05, 0.1) is 10.7 Å². The summed E-state index contributed by atoms with van der Waals surface area (Å²) in [7, 11) is -6.00. The molecule has 1 fully saturated rings. The maximum absolute atomic E-state index is 12.6. The first-order chi connectivity index (χ1) is 11.2. The smallest absolute Gasteiger partial charge is 0.385 e. The van der Waals surface area contributed by atoms with E-state index >= 15 is 0 Å². The number of hydrogen-bond acceptors (Lipinski definition) is 5. The Bertz CT molecular complexity index is 740. The van der Waals surface area contributed by atoms with Gasteiger partial charge in [0.25, 0.3) is 0 Å². The summed E-state index contributed by atoms with van der Waals surface area (Å²) in [5.74, 6) is -4.99. The van der Waals surface area contributed by atoms with Gasteiger partial charge in [-0.15, -0.1) is 0 Å². The summed E-state index contributed by atoms with van der Waals surface area (Å²) >= 11 is 5.73. The van der Waals surface area contributed by atoms with Crippen LogP contribution in [0.4, 0.5) is 26.3 Å². The van der Waals surface area contributed by atoms with Crippen molar-refractivity contribution in [3.8, 4) is 0 Å². The lowest BCUT2D eigenvalue weighted by Crippen LogP contribution is -2.36. The molecule has 2 bridgehead atoms. The Morgan fingerprint density at radius 1 is 1.24 bits per heavy atom. The van der Waals surface area contributed by atoms with Crippen molar-refractivity contribution >= 4 is 27.5 Å². The van der Waals surface area contributed by atoms with Crippen LogP contribution in [0.3, 0.4) is 0 Å². The van der Waals surface area contributed by atoms with Crippen molar-refractivity contribution in [2.45, 2.75) is 24.5 Å². The molecule has 1 N–H and O–H groups in total. The zero-order valence-corrected chi connectivity index (χ0v) is 13.6. The van der Waals surface area contributed by atoms with E-state index in [0.717, 1.165) is 6.08 Å². The maximum Gasteiger partial charge on any atom is 0.534 e. The fourth-order valence-corrected chi connectivity index (χ4v) is 3.40. The molecule has 1 heterocycles. The van der Waals surface area contributed by atoms with Crippen molar-refractivity contribution in [2.24, 2.45) is 11.8 Å². The first-order valence-electron chi connectivity index (χ1n) is 6.69. The molecule has 2 aliphatic rings. The molecule has 0 aromatic rings. The molecule has 5 nitrogen and oxygen atoms in total. The topological polar surface area (TPSA) is 72.5 Å². The molecule has 13 heteroatoms. The zero-order chi connectivity index (χ0) is 19.2. The minimum atomic E-state index is -6.00. The summed E-state index contributed by atoms with van der Waals surface area (Å²) in [6.07, 6.45) is -4.37. The van der Waals surface area contributed by atoms with Gasteiger partial charge in [-0.1, -0.05) is 17.7 Å². The number of fused-ring (bicyclic) bond motifs is 2. The SMILES string of the molecule is O=C(C1CNC2=C(OS(=O)(=O)C(F)(F)F)C(Cl)=CC(C2)C1)C(F)(F)F. The lowest BCUT2D eigenvalue weighted by molar-refractivity contribution is -0.175. The minimum Gasteiger partial charge on any atom is -0.385 e. The Kier molecular flexibility index (Phi) is 5.08. The number of ketones is 1. The molecule has 1 aliphatic carbocycles. The molecule has 0 radical (unpaired) electrons. The monoisotopic (exact) mass is 413 g/mol. The van der Waals surface area contributed by atoms with Gasteiger partial charge >= 0.3 is 21.8 Å². The minimum absolute atomic E-state index is 0.138. The van der Waals surface area contributed by atoms with Crippen LogP contribution < -0.4 is 5.32 Å². The van der Waals surface area contributed by atoms with Crippen molar-refractivity contribution in [3.05, 3.63) is 22.6 Å². The molecule has 142 valence electrons. The molecule has 0 saturated carbocycles. The molecule has 1 saturated heterocycles. The molecule has 2 rings (SSSR count). The van der Waals surface area contributed by atoms with E-state index in [-0.39, 0.29) is 18.5 Å². The van der Waals surface area contributed by atoms with Crippen LogP contribution in [0.1, 0.15) is 12.8 Å². The summed E-state index contributed by atoms with van der Waals surface area (Å²) in [6.45, 7) is -0.541. The highest BCUT2D eigenvalue weighted by atomic mass is 35.5. The highest BCUT2D eigenvalue weighted by Crippen LogP contribution is 2.39. The summed E-state index contributed by atoms with van der Waals surface area (Å²) in [6, 6.07) is 0. The highest BCUT2D eigenvalue weighted by molar-refractivity contribution is 7.87. The van der Waals surface area contributed by atoms with Crippen LogP contribution in [0, 0.1) is 11.8 Å². The zero-order valence-electron chi connectivity index (χ0n) is 12.0. The molecule has 0 aromatic carbocycles. The first kappa shape index (κ1) is 19.9. The van der Waals surface area contributed by atoms with Gasteiger partial charge in [-0.05, 0) is 18.8 Å². The second-order valence-corrected chi connectivity index (χ2v) is 7.39. The lowest BCUT2D eigenvalue weighted by Gasteiger charge is -2.22. The Balaban J connectivity index is 2.31. The summed E-state index contributed by atoms with van der Waals surface area (Å²) in [5.41, 5.74) is -5.91. The lowest BCUT2D eigenvalue weighted by atomic mass is 9.88. The fraction of sp³-hybridized carbons (Fsp3) is 0.583. The van der Waals surface area contributed by atoms with Gasteiger partial charge in [0.1, 0.15) is 0 Å². The van der Waals surface area contributed by atoms with Gasteiger partial charge in [-0.3, -0.25) is 4.79 Å². The van der Waals surface area contributed by atoms with Crippen molar-refractivity contribution in [2.75, 3.05) is 6.54 Å². The molecule has 1 aliphatic heterocycles. The van der Waals surface area contributed by atoms with Gasteiger partial charge in [0, 0.05) is 12.5 Å². The van der Waals surface area contributed by atoms with Crippen LogP contribution in [0.2, 0.25) is 0 Å². The van der Waals surface area contributed by atoms with Crippen LogP contribution in [0.25, 0.3) is 0 Å². The van der Waals surface area contributed by atoms with E-state index in [2.05, 4.69) is 9.50 Å². The van der Waals surface area contributed by atoms with E-state index in [9.17, 15) is 39.6 Å². The van der Waals surface area contributed by atoms with E-state index in [0.29, 0.717) is 0 Å². The van der Waals surface area contributed by atoms with E-state index in [1.165, 1.54) is 0 Å². The van der Waals surface area contributed by atoms with E-state index in [1.807, 2.05) is 0 Å². The fourth-order valence-electron chi connectivity index (χ4n) is 2.52. The quantitative estimate of drug-likeness (QED) is 0.437. The van der Waals surface area contributed by atoms with Gasteiger partial charge in [0.2, 0.25) is 5.78 Å². The Morgan fingerprint density at radius 3 is 2.36 bits per heavy atom. The molecule has 2 atom stereocenters. The predicted molar refractivity (Wildman–Crippen MR) is 72.3 cm³/mol. The Morgan fingerprint density at radius 2 is 1.84 bits per heavy atom. The number of nitrogens with one attached hydrogen (secondary N) is 1. The standard InChI is InChI=1S/C12H10ClF6NO4S/c13-7-2-5-1-6(10(21)11(14,15)16)4-20-8(3-5)9(7)24-25(22,23)12(17,18)19/h2,5-6,20H,1,3-4H2. The average Bonchev–Trinajstić information content (AvgIpc) is 2.60. The van der Waals surface area contributed by atoms with Crippen LogP contribution in [-0.2, 0) is 19.1 Å². The Labute approximate surface area is 142 Å². The number of alkyl halides is 6. The van der Waals surface area contributed by atoms with Crippen molar-refractivity contribution < 1.29 is 43.7 Å². The predicted octanol–water partition coefficient (Wildman–Crippen LogP) is 2.95. The van der Waals surface area contributed by atoms with E-state index in [4.69, 9.17) is 11.6 Å². The second kappa shape index (κ2) is 6.38. The number of halogens is 7. The third-order valence-electron chi connectivity index (χ3n) is 3.62. The summed E-state index contributed by atoms with van der Waals surface area (Å²) < 4.78 is 101. The number of allylic oxidation sites excluding steroid dienone is 3. The van der Waals surface area contributed by atoms with Gasteiger partial charge in [0.15, 0.2) is 5.76 Å². The van der Waals surface area contributed by atoms with Crippen molar-refractivity contribution in [3.63, 3.8) is 0 Å².